The fourth-order valence-corrected chi connectivity index (χ4v) is 0.857. The molecule has 0 radical (unpaired) electrons. The minimum atomic E-state index is 0.0833. The minimum Gasteiger partial charge on any atom is -0.298 e. The van der Waals surface area contributed by atoms with Gasteiger partial charge in [-0.25, -0.2) is 0 Å². The van der Waals surface area contributed by atoms with Crippen molar-refractivity contribution in [1.29, 1.82) is 0 Å². The van der Waals surface area contributed by atoms with Gasteiger partial charge in [0.05, 0.1) is 6.04 Å². The zero-order chi connectivity index (χ0) is 10.1. The van der Waals surface area contributed by atoms with Crippen molar-refractivity contribution in [2.24, 2.45) is 0 Å². The molecular weight excluding hydrogens is 150 g/mol. The largest absolute Gasteiger partial charge is 0.298 e. The molecule has 0 aromatic heterocycles. The quantitative estimate of drug-likeness (QED) is 0.650. The summed E-state index contributed by atoms with van der Waals surface area (Å²) in [5, 5.41) is 0. The molecule has 0 saturated carbocycles. The van der Waals surface area contributed by atoms with Crippen LogP contribution in [0.25, 0.3) is 0 Å². The molecule has 0 bridgehead atoms. The predicted octanol–water partition coefficient (Wildman–Crippen LogP) is 2.33. The topological polar surface area (TPSA) is 20.3 Å². The van der Waals surface area contributed by atoms with Crippen molar-refractivity contribution in [3.8, 4) is 0 Å². The van der Waals surface area contributed by atoms with Crippen molar-refractivity contribution >= 4 is 5.78 Å². The summed E-state index contributed by atoms with van der Waals surface area (Å²) < 4.78 is 0. The maximum Gasteiger partial charge on any atom is 0.146 e. The number of hydrogen-bond donors (Lipinski definition) is 0. The summed E-state index contributed by atoms with van der Waals surface area (Å²) in [6.07, 6.45) is 1.11. The van der Waals surface area contributed by atoms with E-state index in [-0.39, 0.29) is 11.8 Å². The molecule has 0 aliphatic heterocycles. The van der Waals surface area contributed by atoms with Crippen LogP contribution in [0, 0.1) is 0 Å². The average molecular weight is 173 g/mol. The third kappa shape index (κ3) is 6.35. The molecule has 74 valence electrons. The van der Waals surface area contributed by atoms with Crippen LogP contribution in [0.3, 0.4) is 0 Å². The maximum atomic E-state index is 10.8. The Kier molecular flexibility index (Phi) is 10.3. The van der Waals surface area contributed by atoms with Gasteiger partial charge < -0.3 is 0 Å². The first-order chi connectivity index (χ1) is 5.59. The Hall–Kier alpha value is -0.370. The van der Waals surface area contributed by atoms with Crippen molar-refractivity contribution < 1.29 is 4.79 Å². The van der Waals surface area contributed by atoms with Crippen molar-refractivity contribution in [3.63, 3.8) is 0 Å². The smallest absolute Gasteiger partial charge is 0.146 e. The van der Waals surface area contributed by atoms with Crippen molar-refractivity contribution in [3.05, 3.63) is 0 Å². The molecule has 0 spiro atoms. The van der Waals surface area contributed by atoms with E-state index in [1.54, 1.807) is 6.92 Å². The van der Waals surface area contributed by atoms with E-state index in [0.717, 1.165) is 13.0 Å². The summed E-state index contributed by atoms with van der Waals surface area (Å²) in [5.74, 6) is 0.246. The SMILES string of the molecule is CC.CCCN(C)[C@@H](C)C(C)=O. The van der Waals surface area contributed by atoms with E-state index < -0.39 is 0 Å². The molecule has 0 amide bonds. The maximum absolute atomic E-state index is 10.8. The molecule has 0 aliphatic carbocycles. The van der Waals surface area contributed by atoms with E-state index >= 15 is 0 Å². The summed E-state index contributed by atoms with van der Waals surface area (Å²) in [5.41, 5.74) is 0. The summed E-state index contributed by atoms with van der Waals surface area (Å²) in [6.45, 7) is 10.7. The fourth-order valence-electron chi connectivity index (χ4n) is 0.857. The first kappa shape index (κ1) is 14.2. The highest BCUT2D eigenvalue weighted by Gasteiger charge is 2.11. The van der Waals surface area contributed by atoms with Crippen LogP contribution in [0.4, 0.5) is 0 Å². The highest BCUT2D eigenvalue weighted by Crippen LogP contribution is 1.96. The fraction of sp³-hybridized carbons (Fsp3) is 0.900. The second-order valence-corrected chi connectivity index (χ2v) is 2.77. The zero-order valence-corrected chi connectivity index (χ0v) is 9.35. The molecule has 1 atom stereocenters. The lowest BCUT2D eigenvalue weighted by molar-refractivity contribution is -0.121. The normalized spacial score (nSPS) is 11.9. The minimum absolute atomic E-state index is 0.0833. The standard InChI is InChI=1S/C8H17NO.C2H6/c1-5-6-9(4)7(2)8(3)10;1-2/h7H,5-6H2,1-4H3;1-2H3/t7-;/m0./s1. The van der Waals surface area contributed by atoms with E-state index in [0.29, 0.717) is 0 Å². The van der Waals surface area contributed by atoms with E-state index in [1.807, 2.05) is 27.8 Å². The van der Waals surface area contributed by atoms with Gasteiger partial charge in [-0.05, 0) is 33.9 Å². The van der Waals surface area contributed by atoms with Crippen LogP contribution in [0.2, 0.25) is 0 Å². The highest BCUT2D eigenvalue weighted by atomic mass is 16.1. The zero-order valence-electron chi connectivity index (χ0n) is 9.35. The van der Waals surface area contributed by atoms with E-state index in [4.69, 9.17) is 0 Å². The van der Waals surface area contributed by atoms with Crippen LogP contribution in [0.1, 0.15) is 41.0 Å². The molecule has 0 N–H and O–H groups in total. The molecule has 0 aromatic carbocycles. The molecule has 2 heteroatoms. The molecule has 2 nitrogen and oxygen atoms in total. The van der Waals surface area contributed by atoms with Gasteiger partial charge in [0.2, 0.25) is 0 Å². The second-order valence-electron chi connectivity index (χ2n) is 2.77. The molecule has 0 aromatic rings. The molecule has 12 heavy (non-hydrogen) atoms. The van der Waals surface area contributed by atoms with Gasteiger partial charge in [0, 0.05) is 0 Å². The number of likely N-dealkylation sites (N-methyl/N-ethyl adjacent to an activating group) is 1. The van der Waals surface area contributed by atoms with E-state index in [2.05, 4.69) is 11.8 Å². The van der Waals surface area contributed by atoms with Crippen LogP contribution in [0.15, 0.2) is 0 Å². The average Bonchev–Trinajstić information content (AvgIpc) is 2.07. The van der Waals surface area contributed by atoms with Gasteiger partial charge in [0.15, 0.2) is 0 Å². The van der Waals surface area contributed by atoms with Gasteiger partial charge in [-0.3, -0.25) is 9.69 Å². The van der Waals surface area contributed by atoms with Crippen LogP contribution < -0.4 is 0 Å². The van der Waals surface area contributed by atoms with E-state index in [9.17, 15) is 4.79 Å². The lowest BCUT2D eigenvalue weighted by Gasteiger charge is -2.21. The Bertz CT molecular complexity index is 112. The number of ketones is 1. The molecule has 0 aliphatic rings. The Morgan fingerprint density at radius 3 is 2.08 bits per heavy atom. The molecule has 0 heterocycles. The summed E-state index contributed by atoms with van der Waals surface area (Å²) in [7, 11) is 1.98. The van der Waals surface area contributed by atoms with Crippen LogP contribution >= 0.6 is 0 Å². The summed E-state index contributed by atoms with van der Waals surface area (Å²) in [4.78, 5) is 12.9. The third-order valence-electron chi connectivity index (χ3n) is 1.83. The van der Waals surface area contributed by atoms with Crippen LogP contribution in [-0.4, -0.2) is 30.3 Å². The number of carbonyl (C=O) groups excluding carboxylic acids is 1. The van der Waals surface area contributed by atoms with Crippen molar-refractivity contribution in [2.45, 2.75) is 47.1 Å². The Labute approximate surface area is 77.0 Å². The monoisotopic (exact) mass is 173 g/mol. The van der Waals surface area contributed by atoms with Crippen molar-refractivity contribution in [2.75, 3.05) is 13.6 Å². The van der Waals surface area contributed by atoms with Crippen molar-refractivity contribution in [1.82, 2.24) is 4.90 Å². The third-order valence-corrected chi connectivity index (χ3v) is 1.83. The number of Topliss-reactive ketones (excluding diaryl/α,β-unsaturated/α-hetero) is 1. The molecular formula is C10H23NO. The van der Waals surface area contributed by atoms with Gasteiger partial charge in [-0.15, -0.1) is 0 Å². The molecule has 0 rings (SSSR count). The lowest BCUT2D eigenvalue weighted by atomic mass is 10.2. The lowest BCUT2D eigenvalue weighted by Crippen LogP contribution is -2.34. The number of hydrogen-bond acceptors (Lipinski definition) is 2. The Morgan fingerprint density at radius 2 is 1.83 bits per heavy atom. The second kappa shape index (κ2) is 8.72. The molecule has 0 saturated heterocycles. The van der Waals surface area contributed by atoms with Gasteiger partial charge in [0.25, 0.3) is 0 Å². The number of rotatable bonds is 4. The molecule has 0 unspecified atom stereocenters. The van der Waals surface area contributed by atoms with Crippen LogP contribution in [-0.2, 0) is 4.79 Å². The number of carbonyl (C=O) groups is 1. The number of nitrogens with zero attached hydrogens (tertiary/aromatic N) is 1. The van der Waals surface area contributed by atoms with Gasteiger partial charge in [-0.2, -0.15) is 0 Å². The summed E-state index contributed by atoms with van der Waals surface area (Å²) in [6, 6.07) is 0.0833. The van der Waals surface area contributed by atoms with Gasteiger partial charge in [-0.1, -0.05) is 20.8 Å². The van der Waals surface area contributed by atoms with Crippen LogP contribution in [0.5, 0.6) is 0 Å². The predicted molar refractivity (Wildman–Crippen MR) is 54.4 cm³/mol. The van der Waals surface area contributed by atoms with Gasteiger partial charge in [0.1, 0.15) is 5.78 Å². The molecule has 0 fully saturated rings. The Balaban J connectivity index is 0. The first-order valence-corrected chi connectivity index (χ1v) is 4.80. The Morgan fingerprint density at radius 1 is 1.42 bits per heavy atom. The van der Waals surface area contributed by atoms with E-state index in [1.165, 1.54) is 0 Å². The van der Waals surface area contributed by atoms with Gasteiger partial charge >= 0.3 is 0 Å². The first-order valence-electron chi connectivity index (χ1n) is 4.80. The summed E-state index contributed by atoms with van der Waals surface area (Å²) >= 11 is 0. The highest BCUT2D eigenvalue weighted by molar-refractivity contribution is 5.80.